The first-order valence-electron chi connectivity index (χ1n) is 11.7. The van der Waals surface area contributed by atoms with Gasteiger partial charge in [0.05, 0.1) is 0 Å². The highest BCUT2D eigenvalue weighted by molar-refractivity contribution is 5.76. The fourth-order valence-electron chi connectivity index (χ4n) is 3.45. The van der Waals surface area contributed by atoms with Gasteiger partial charge in [-0.05, 0) is 51.4 Å². The van der Waals surface area contributed by atoms with E-state index >= 15 is 0 Å². The third-order valence-corrected chi connectivity index (χ3v) is 5.18. The lowest BCUT2D eigenvalue weighted by molar-refractivity contribution is -0.122. The largest absolute Gasteiger partial charge is 0.356 e. The minimum absolute atomic E-state index is 0.174. The van der Waals surface area contributed by atoms with Gasteiger partial charge in [0.2, 0.25) is 11.8 Å². The molecule has 0 heterocycles. The molecule has 1 aliphatic carbocycles. The summed E-state index contributed by atoms with van der Waals surface area (Å²) in [6.45, 7) is 2.88. The highest BCUT2D eigenvalue weighted by atomic mass is 16.2. The zero-order chi connectivity index (χ0) is 21.0. The van der Waals surface area contributed by atoms with Crippen molar-refractivity contribution in [1.29, 1.82) is 0 Å². The summed E-state index contributed by atoms with van der Waals surface area (Å²) >= 11 is 0. The molecule has 0 saturated heterocycles. The van der Waals surface area contributed by atoms with Crippen LogP contribution in [-0.4, -0.2) is 24.4 Å². The van der Waals surface area contributed by atoms with E-state index in [0.29, 0.717) is 18.9 Å². The van der Waals surface area contributed by atoms with E-state index in [9.17, 15) is 9.59 Å². The van der Waals surface area contributed by atoms with Crippen LogP contribution in [0.5, 0.6) is 0 Å². The van der Waals surface area contributed by atoms with Gasteiger partial charge in [-0.15, -0.1) is 0 Å². The number of rotatable bonds is 16. The molecule has 0 unspecified atom stereocenters. The fourth-order valence-corrected chi connectivity index (χ4v) is 3.45. The summed E-state index contributed by atoms with van der Waals surface area (Å²) in [4.78, 5) is 23.4. The van der Waals surface area contributed by atoms with Crippen molar-refractivity contribution in [1.82, 2.24) is 10.6 Å². The number of hydrogen-bond acceptors (Lipinski definition) is 2. The molecule has 0 aromatic carbocycles. The molecule has 4 heteroatoms. The molecule has 0 atom stereocenters. The average molecular weight is 403 g/mol. The maximum Gasteiger partial charge on any atom is 0.220 e. The average Bonchev–Trinajstić information content (AvgIpc) is 3.21. The molecule has 29 heavy (non-hydrogen) atoms. The topological polar surface area (TPSA) is 58.2 Å². The van der Waals surface area contributed by atoms with E-state index in [2.05, 4.69) is 54.0 Å². The Labute approximate surface area is 178 Å². The van der Waals surface area contributed by atoms with Crippen molar-refractivity contribution in [2.24, 2.45) is 0 Å². The number of carbonyl (C=O) groups is 2. The van der Waals surface area contributed by atoms with Gasteiger partial charge in [0.1, 0.15) is 0 Å². The van der Waals surface area contributed by atoms with Crippen LogP contribution in [0, 0.1) is 0 Å². The second-order valence-corrected chi connectivity index (χ2v) is 7.92. The van der Waals surface area contributed by atoms with Crippen LogP contribution in [0.1, 0.15) is 96.8 Å². The zero-order valence-electron chi connectivity index (χ0n) is 18.5. The lowest BCUT2D eigenvalue weighted by Gasteiger charge is -2.11. The summed E-state index contributed by atoms with van der Waals surface area (Å²) in [5, 5.41) is 6.10. The van der Waals surface area contributed by atoms with E-state index < -0.39 is 0 Å². The van der Waals surface area contributed by atoms with Gasteiger partial charge in [0.25, 0.3) is 0 Å². The molecule has 0 radical (unpaired) electrons. The van der Waals surface area contributed by atoms with Crippen LogP contribution < -0.4 is 10.6 Å². The monoisotopic (exact) mass is 402 g/mol. The van der Waals surface area contributed by atoms with Gasteiger partial charge in [-0.2, -0.15) is 0 Å². The lowest BCUT2D eigenvalue weighted by atomic mass is 10.2. The molecule has 0 aromatic rings. The van der Waals surface area contributed by atoms with Gasteiger partial charge >= 0.3 is 0 Å². The minimum Gasteiger partial charge on any atom is -0.356 e. The molecule has 1 rings (SSSR count). The molecule has 1 saturated carbocycles. The Morgan fingerprint density at radius 2 is 1.41 bits per heavy atom. The Morgan fingerprint density at radius 1 is 0.793 bits per heavy atom. The summed E-state index contributed by atoms with van der Waals surface area (Å²) in [7, 11) is 0. The van der Waals surface area contributed by atoms with Crippen LogP contribution in [0.2, 0.25) is 0 Å². The van der Waals surface area contributed by atoms with Gasteiger partial charge in [-0.25, -0.2) is 0 Å². The van der Waals surface area contributed by atoms with Crippen molar-refractivity contribution >= 4 is 11.8 Å². The highest BCUT2D eigenvalue weighted by Gasteiger charge is 2.16. The summed E-state index contributed by atoms with van der Waals surface area (Å²) in [6.07, 6.45) is 27.0. The smallest absolute Gasteiger partial charge is 0.220 e. The van der Waals surface area contributed by atoms with Gasteiger partial charge in [0, 0.05) is 25.4 Å². The second kappa shape index (κ2) is 18.2. The lowest BCUT2D eigenvalue weighted by Crippen LogP contribution is -2.32. The molecule has 2 amide bonds. The molecule has 1 aliphatic rings. The number of nitrogens with one attached hydrogen (secondary N) is 2. The van der Waals surface area contributed by atoms with Crippen LogP contribution in [0.4, 0.5) is 0 Å². The van der Waals surface area contributed by atoms with E-state index in [1.165, 1.54) is 12.8 Å². The standard InChI is InChI=1S/C25H42N2O2/c1-2-3-13-20-24(28)26-22-17-12-10-8-6-4-5-7-9-11-14-21-25(29)27-23-18-15-16-19-23/h4,6-7,9-10,12,23H,2-3,5,8,11,13-22H2,1H3,(H,26,28)(H,27,29)/b6-4-,9-7-,12-10-. The van der Waals surface area contributed by atoms with E-state index in [1.807, 2.05) is 0 Å². The highest BCUT2D eigenvalue weighted by Crippen LogP contribution is 2.17. The summed E-state index contributed by atoms with van der Waals surface area (Å²) in [5.41, 5.74) is 0. The first-order valence-corrected chi connectivity index (χ1v) is 11.7. The van der Waals surface area contributed by atoms with E-state index in [0.717, 1.165) is 70.8 Å². The van der Waals surface area contributed by atoms with Crippen molar-refractivity contribution in [2.75, 3.05) is 6.54 Å². The van der Waals surface area contributed by atoms with Gasteiger partial charge in [0.15, 0.2) is 0 Å². The molecular weight excluding hydrogens is 360 g/mol. The Kier molecular flexibility index (Phi) is 15.8. The SMILES string of the molecule is CCCCCC(=O)NCC/C=C\C/C=C\C/C=C\CCCC(=O)NC1CCCC1. The maximum absolute atomic E-state index is 11.8. The molecule has 4 nitrogen and oxygen atoms in total. The Morgan fingerprint density at radius 3 is 2.10 bits per heavy atom. The van der Waals surface area contributed by atoms with Crippen LogP contribution in [0.3, 0.4) is 0 Å². The molecule has 0 spiro atoms. The summed E-state index contributed by atoms with van der Waals surface area (Å²) < 4.78 is 0. The molecular formula is C25H42N2O2. The van der Waals surface area contributed by atoms with Crippen molar-refractivity contribution < 1.29 is 9.59 Å². The van der Waals surface area contributed by atoms with E-state index in [-0.39, 0.29) is 11.8 Å². The van der Waals surface area contributed by atoms with Gasteiger partial charge in [-0.1, -0.05) is 69.1 Å². The third-order valence-electron chi connectivity index (χ3n) is 5.18. The minimum atomic E-state index is 0.174. The van der Waals surface area contributed by atoms with Gasteiger partial charge in [-0.3, -0.25) is 9.59 Å². The van der Waals surface area contributed by atoms with Crippen LogP contribution in [-0.2, 0) is 9.59 Å². The number of unbranched alkanes of at least 4 members (excludes halogenated alkanes) is 3. The zero-order valence-corrected chi connectivity index (χ0v) is 18.5. The van der Waals surface area contributed by atoms with E-state index in [4.69, 9.17) is 0 Å². The second-order valence-electron chi connectivity index (χ2n) is 7.92. The fraction of sp³-hybridized carbons (Fsp3) is 0.680. The molecule has 0 aliphatic heterocycles. The van der Waals surface area contributed by atoms with Crippen molar-refractivity contribution in [3.05, 3.63) is 36.5 Å². The molecule has 164 valence electrons. The van der Waals surface area contributed by atoms with Crippen LogP contribution in [0.25, 0.3) is 0 Å². The normalized spacial score (nSPS) is 15.1. The van der Waals surface area contributed by atoms with Gasteiger partial charge < -0.3 is 10.6 Å². The first kappa shape index (κ1) is 25.2. The summed E-state index contributed by atoms with van der Waals surface area (Å²) in [5.74, 6) is 0.390. The maximum atomic E-state index is 11.8. The molecule has 2 N–H and O–H groups in total. The van der Waals surface area contributed by atoms with Crippen molar-refractivity contribution in [3.8, 4) is 0 Å². The first-order chi connectivity index (χ1) is 14.2. The number of amides is 2. The predicted octanol–water partition coefficient (Wildman–Crippen LogP) is 5.75. The quantitative estimate of drug-likeness (QED) is 0.255. The summed E-state index contributed by atoms with van der Waals surface area (Å²) in [6, 6.07) is 0.437. The van der Waals surface area contributed by atoms with Crippen molar-refractivity contribution in [2.45, 2.75) is 103 Å². The predicted molar refractivity (Wildman–Crippen MR) is 123 cm³/mol. The van der Waals surface area contributed by atoms with Crippen LogP contribution >= 0.6 is 0 Å². The van der Waals surface area contributed by atoms with E-state index in [1.54, 1.807) is 0 Å². The Bertz CT molecular complexity index is 517. The molecule has 1 fully saturated rings. The Balaban J connectivity index is 1.89. The van der Waals surface area contributed by atoms with Crippen molar-refractivity contribution in [3.63, 3.8) is 0 Å². The Hall–Kier alpha value is -1.84. The third kappa shape index (κ3) is 15.7. The number of hydrogen-bond donors (Lipinski definition) is 2. The number of allylic oxidation sites excluding steroid dienone is 5. The number of carbonyl (C=O) groups excluding carboxylic acids is 2. The molecule has 0 aromatic heterocycles. The van der Waals surface area contributed by atoms with Crippen LogP contribution in [0.15, 0.2) is 36.5 Å². The molecule has 0 bridgehead atoms.